The Morgan fingerprint density at radius 3 is 2.88 bits per heavy atom. The maximum atomic E-state index is 5.56. The van der Waals surface area contributed by atoms with E-state index in [2.05, 4.69) is 32.7 Å². The summed E-state index contributed by atoms with van der Waals surface area (Å²) in [6.07, 6.45) is 0. The van der Waals surface area contributed by atoms with E-state index in [4.69, 9.17) is 10.3 Å². The molecular weight excluding hydrogens is 317 g/mol. The predicted octanol–water partition coefficient (Wildman–Crippen LogP) is 2.40. The van der Waals surface area contributed by atoms with E-state index in [9.17, 15) is 0 Å². The molecule has 1 aromatic heterocycles. The summed E-state index contributed by atoms with van der Waals surface area (Å²) in [5.41, 5.74) is 6.52. The number of hydrogen-bond donors (Lipinski definition) is 1. The van der Waals surface area contributed by atoms with Crippen molar-refractivity contribution in [1.82, 2.24) is 10.1 Å². The highest BCUT2D eigenvalue weighted by atomic mass is 127. The number of nitrogens with zero attached hydrogens (tertiary/aromatic N) is 2. The van der Waals surface area contributed by atoms with Crippen LogP contribution in [-0.4, -0.2) is 16.7 Å². The highest BCUT2D eigenvalue weighted by Gasteiger charge is 2.14. The van der Waals surface area contributed by atoms with Crippen molar-refractivity contribution in [2.45, 2.75) is 12.8 Å². The third kappa shape index (κ3) is 2.25. The van der Waals surface area contributed by atoms with Crippen LogP contribution in [0.1, 0.15) is 18.7 Å². The van der Waals surface area contributed by atoms with Gasteiger partial charge in [-0.3, -0.25) is 0 Å². The summed E-state index contributed by atoms with van der Waals surface area (Å²) in [6, 6.07) is 7.90. The lowest BCUT2D eigenvalue weighted by molar-refractivity contribution is 0.417. The second kappa shape index (κ2) is 4.92. The van der Waals surface area contributed by atoms with Gasteiger partial charge in [-0.05, 0) is 34.7 Å². The first-order chi connectivity index (χ1) is 7.72. The summed E-state index contributed by atoms with van der Waals surface area (Å²) in [4.78, 5) is 4.35. The van der Waals surface area contributed by atoms with Gasteiger partial charge >= 0.3 is 0 Å². The number of hydrogen-bond acceptors (Lipinski definition) is 4. The van der Waals surface area contributed by atoms with Crippen molar-refractivity contribution in [3.05, 3.63) is 33.7 Å². The Balaban J connectivity index is 2.35. The summed E-state index contributed by atoms with van der Waals surface area (Å²) in [7, 11) is 0. The van der Waals surface area contributed by atoms with Gasteiger partial charge in [0, 0.05) is 16.0 Å². The van der Waals surface area contributed by atoms with E-state index in [0.29, 0.717) is 18.3 Å². The second-order valence-corrected chi connectivity index (χ2v) is 4.74. The van der Waals surface area contributed by atoms with Crippen molar-refractivity contribution in [2.75, 3.05) is 6.54 Å². The molecule has 0 aliphatic carbocycles. The van der Waals surface area contributed by atoms with Gasteiger partial charge in [0.2, 0.25) is 0 Å². The third-order valence-corrected chi connectivity index (χ3v) is 3.28. The van der Waals surface area contributed by atoms with Gasteiger partial charge in [0.1, 0.15) is 0 Å². The molecule has 0 amide bonds. The molecule has 1 atom stereocenters. The van der Waals surface area contributed by atoms with Gasteiger partial charge in [-0.25, -0.2) is 0 Å². The zero-order valence-corrected chi connectivity index (χ0v) is 11.0. The SMILES string of the molecule is CC(CN)c1noc(-c2ccccc2I)n1. The van der Waals surface area contributed by atoms with Crippen LogP contribution in [0.3, 0.4) is 0 Å². The number of nitrogens with two attached hydrogens (primary N) is 1. The van der Waals surface area contributed by atoms with E-state index >= 15 is 0 Å². The summed E-state index contributed by atoms with van der Waals surface area (Å²) in [6.45, 7) is 2.50. The monoisotopic (exact) mass is 329 g/mol. The largest absolute Gasteiger partial charge is 0.334 e. The van der Waals surface area contributed by atoms with Crippen molar-refractivity contribution < 1.29 is 4.52 Å². The van der Waals surface area contributed by atoms with Gasteiger partial charge in [0.25, 0.3) is 5.89 Å². The average molecular weight is 329 g/mol. The van der Waals surface area contributed by atoms with E-state index in [1.165, 1.54) is 0 Å². The van der Waals surface area contributed by atoms with Crippen LogP contribution in [0.2, 0.25) is 0 Å². The molecule has 1 aromatic carbocycles. The van der Waals surface area contributed by atoms with Crippen molar-refractivity contribution >= 4 is 22.6 Å². The minimum Gasteiger partial charge on any atom is -0.334 e. The van der Waals surface area contributed by atoms with Gasteiger partial charge in [-0.2, -0.15) is 4.98 Å². The Hall–Kier alpha value is -0.950. The Bertz CT molecular complexity index is 484. The molecule has 5 heteroatoms. The Labute approximate surface area is 107 Å². The average Bonchev–Trinajstić information content (AvgIpc) is 2.78. The van der Waals surface area contributed by atoms with Crippen molar-refractivity contribution in [2.24, 2.45) is 5.73 Å². The normalized spacial score (nSPS) is 12.7. The molecule has 0 aliphatic heterocycles. The van der Waals surface area contributed by atoms with Crippen molar-refractivity contribution in [3.8, 4) is 11.5 Å². The quantitative estimate of drug-likeness (QED) is 0.879. The number of halogens is 1. The van der Waals surface area contributed by atoms with Crippen LogP contribution in [0.5, 0.6) is 0 Å². The van der Waals surface area contributed by atoms with Crippen LogP contribution in [0.4, 0.5) is 0 Å². The number of benzene rings is 1. The Kier molecular flexibility index (Phi) is 3.55. The molecule has 16 heavy (non-hydrogen) atoms. The van der Waals surface area contributed by atoms with Gasteiger partial charge < -0.3 is 10.3 Å². The van der Waals surface area contributed by atoms with E-state index in [0.717, 1.165) is 9.13 Å². The van der Waals surface area contributed by atoms with Crippen LogP contribution in [0.15, 0.2) is 28.8 Å². The predicted molar refractivity (Wildman–Crippen MR) is 69.9 cm³/mol. The number of rotatable bonds is 3. The van der Waals surface area contributed by atoms with E-state index < -0.39 is 0 Å². The summed E-state index contributed by atoms with van der Waals surface area (Å²) in [5.74, 6) is 1.34. The molecule has 84 valence electrons. The molecule has 2 rings (SSSR count). The fourth-order valence-corrected chi connectivity index (χ4v) is 1.90. The van der Waals surface area contributed by atoms with Gasteiger partial charge in [-0.1, -0.05) is 24.2 Å². The van der Waals surface area contributed by atoms with Crippen LogP contribution in [0, 0.1) is 3.57 Å². The molecule has 0 radical (unpaired) electrons. The maximum Gasteiger partial charge on any atom is 0.259 e. The van der Waals surface area contributed by atoms with Gasteiger partial charge in [-0.15, -0.1) is 0 Å². The topological polar surface area (TPSA) is 64.9 Å². The third-order valence-electron chi connectivity index (χ3n) is 2.34. The first-order valence-electron chi connectivity index (χ1n) is 5.01. The van der Waals surface area contributed by atoms with Gasteiger partial charge in [0.05, 0.1) is 5.56 Å². The summed E-state index contributed by atoms with van der Waals surface area (Å²) in [5, 5.41) is 3.93. The fraction of sp³-hybridized carbons (Fsp3) is 0.273. The molecule has 2 N–H and O–H groups in total. The van der Waals surface area contributed by atoms with E-state index in [-0.39, 0.29) is 5.92 Å². The molecule has 4 nitrogen and oxygen atoms in total. The van der Waals surface area contributed by atoms with E-state index in [1.807, 2.05) is 31.2 Å². The first kappa shape index (κ1) is 11.5. The molecule has 2 aromatic rings. The minimum absolute atomic E-state index is 0.124. The van der Waals surface area contributed by atoms with Crippen molar-refractivity contribution in [3.63, 3.8) is 0 Å². The lowest BCUT2D eigenvalue weighted by Gasteiger charge is -1.99. The minimum atomic E-state index is 0.124. The molecule has 0 fully saturated rings. The highest BCUT2D eigenvalue weighted by molar-refractivity contribution is 14.1. The number of aromatic nitrogens is 2. The van der Waals surface area contributed by atoms with Crippen molar-refractivity contribution in [1.29, 1.82) is 0 Å². The van der Waals surface area contributed by atoms with E-state index in [1.54, 1.807) is 0 Å². The molecule has 0 saturated carbocycles. The summed E-state index contributed by atoms with van der Waals surface area (Å²) < 4.78 is 6.33. The standard InChI is InChI=1S/C11H12IN3O/c1-7(6-13)10-14-11(16-15-10)8-4-2-3-5-9(8)12/h2-5,7H,6,13H2,1H3. The molecule has 0 spiro atoms. The second-order valence-electron chi connectivity index (χ2n) is 3.57. The molecule has 0 bridgehead atoms. The molecular formula is C11H12IN3O. The zero-order valence-electron chi connectivity index (χ0n) is 8.85. The molecule has 0 saturated heterocycles. The summed E-state index contributed by atoms with van der Waals surface area (Å²) >= 11 is 2.25. The van der Waals surface area contributed by atoms with Crippen LogP contribution < -0.4 is 5.73 Å². The van der Waals surface area contributed by atoms with Gasteiger partial charge in [0.15, 0.2) is 5.82 Å². The zero-order chi connectivity index (χ0) is 11.5. The van der Waals surface area contributed by atoms with Crippen LogP contribution in [-0.2, 0) is 0 Å². The Morgan fingerprint density at radius 1 is 1.44 bits per heavy atom. The molecule has 0 aliphatic rings. The Morgan fingerprint density at radius 2 is 2.19 bits per heavy atom. The molecule has 1 unspecified atom stereocenters. The lowest BCUT2D eigenvalue weighted by atomic mass is 10.2. The smallest absolute Gasteiger partial charge is 0.259 e. The van der Waals surface area contributed by atoms with Crippen LogP contribution in [0.25, 0.3) is 11.5 Å². The first-order valence-corrected chi connectivity index (χ1v) is 6.09. The fourth-order valence-electron chi connectivity index (χ4n) is 1.28. The lowest BCUT2D eigenvalue weighted by Crippen LogP contribution is -2.10. The molecule has 1 heterocycles. The highest BCUT2D eigenvalue weighted by Crippen LogP contribution is 2.24. The van der Waals surface area contributed by atoms with Crippen LogP contribution >= 0.6 is 22.6 Å². The maximum absolute atomic E-state index is 5.56.